The molecule has 0 spiro atoms. The number of hydrogen-bond donors (Lipinski definition) is 1. The van der Waals surface area contributed by atoms with Crippen LogP contribution in [0.1, 0.15) is 24.8 Å². The monoisotopic (exact) mass is 591 g/mol. The number of hydrogen-bond acceptors (Lipinski definition) is 8. The van der Waals surface area contributed by atoms with Crippen LogP contribution in [-0.2, 0) is 25.7 Å². The van der Waals surface area contributed by atoms with Gasteiger partial charge in [-0.1, -0.05) is 42.5 Å². The number of pyridine rings is 1. The number of fused-ring (bicyclic) bond motifs is 1. The normalized spacial score (nSPS) is 15.5. The first-order valence-corrected chi connectivity index (χ1v) is 15.7. The topological polar surface area (TPSA) is 95.1 Å². The average Bonchev–Trinajstić information content (AvgIpc) is 3.47. The largest absolute Gasteiger partial charge is 0.467 e. The van der Waals surface area contributed by atoms with E-state index in [0.717, 1.165) is 40.6 Å². The zero-order valence-corrected chi connectivity index (χ0v) is 25.5. The summed E-state index contributed by atoms with van der Waals surface area (Å²) >= 11 is 1.62. The number of carbonyl (C=O) groups is 3. The number of rotatable bonds is 14. The molecule has 3 aromatic rings. The minimum Gasteiger partial charge on any atom is -0.467 e. The van der Waals surface area contributed by atoms with E-state index in [0.29, 0.717) is 26.1 Å². The number of likely N-dealkylation sites (tertiary alicyclic amines) is 1. The van der Waals surface area contributed by atoms with Gasteiger partial charge in [-0.3, -0.25) is 19.5 Å². The van der Waals surface area contributed by atoms with Crippen molar-refractivity contribution in [2.24, 2.45) is 0 Å². The number of benzene rings is 2. The van der Waals surface area contributed by atoms with Crippen LogP contribution in [0.5, 0.6) is 0 Å². The van der Waals surface area contributed by atoms with Gasteiger partial charge in [0, 0.05) is 50.8 Å². The van der Waals surface area contributed by atoms with E-state index in [1.165, 1.54) is 7.11 Å². The van der Waals surface area contributed by atoms with Crippen LogP contribution in [0.15, 0.2) is 67.0 Å². The molecule has 10 heteroatoms. The van der Waals surface area contributed by atoms with Crippen molar-refractivity contribution in [2.45, 2.75) is 37.9 Å². The molecule has 2 atom stereocenters. The number of likely N-dealkylation sites (N-methyl/N-ethyl adjacent to an activating group) is 1. The van der Waals surface area contributed by atoms with Gasteiger partial charge in [-0.25, -0.2) is 4.79 Å². The fraction of sp³-hybridized carbons (Fsp3) is 0.438. The quantitative estimate of drug-likeness (QED) is 0.285. The lowest BCUT2D eigenvalue weighted by molar-refractivity contribution is -0.145. The first-order chi connectivity index (χ1) is 20.4. The fourth-order valence-corrected chi connectivity index (χ4v) is 6.03. The maximum absolute atomic E-state index is 13.4. The third-order valence-electron chi connectivity index (χ3n) is 7.72. The Hall–Kier alpha value is -3.63. The molecular formula is C32H41N5O4S. The minimum absolute atomic E-state index is 0.0148. The number of aromatic nitrogens is 1. The molecule has 0 radical (unpaired) electrons. The Morgan fingerprint density at radius 1 is 1.10 bits per heavy atom. The van der Waals surface area contributed by atoms with Crippen LogP contribution in [0.3, 0.4) is 0 Å². The first kappa shape index (κ1) is 31.3. The fourth-order valence-electron chi connectivity index (χ4n) is 5.56. The number of ether oxygens (including phenoxy) is 1. The summed E-state index contributed by atoms with van der Waals surface area (Å²) in [7, 11) is 3.25. The molecule has 2 amide bonds. The Kier molecular flexibility index (Phi) is 11.6. The Labute approximate surface area is 252 Å². The second-order valence-corrected chi connectivity index (χ2v) is 11.7. The lowest BCUT2D eigenvalue weighted by Gasteiger charge is -2.32. The molecule has 1 aromatic heterocycles. The Bertz CT molecular complexity index is 1340. The molecule has 1 fully saturated rings. The second-order valence-electron chi connectivity index (χ2n) is 10.7. The minimum atomic E-state index is -0.692. The third kappa shape index (κ3) is 8.45. The summed E-state index contributed by atoms with van der Waals surface area (Å²) < 4.78 is 4.94. The highest BCUT2D eigenvalue weighted by atomic mass is 32.2. The molecule has 42 heavy (non-hydrogen) atoms. The molecule has 2 aromatic carbocycles. The van der Waals surface area contributed by atoms with Crippen LogP contribution in [0, 0.1) is 0 Å². The first-order valence-electron chi connectivity index (χ1n) is 14.3. The summed E-state index contributed by atoms with van der Waals surface area (Å²) in [6, 6.07) is 17.5. The van der Waals surface area contributed by atoms with Gasteiger partial charge in [-0.05, 0) is 59.7 Å². The van der Waals surface area contributed by atoms with E-state index in [1.807, 2.05) is 53.4 Å². The summed E-state index contributed by atoms with van der Waals surface area (Å²) in [6.45, 7) is 2.15. The van der Waals surface area contributed by atoms with Gasteiger partial charge in [0.25, 0.3) is 0 Å². The van der Waals surface area contributed by atoms with Gasteiger partial charge in [0.2, 0.25) is 11.8 Å². The summed E-state index contributed by atoms with van der Waals surface area (Å²) in [5.74, 6) is 0.116. The highest BCUT2D eigenvalue weighted by molar-refractivity contribution is 7.98. The third-order valence-corrected chi connectivity index (χ3v) is 8.36. The number of anilines is 1. The van der Waals surface area contributed by atoms with E-state index in [4.69, 9.17) is 4.74 Å². The summed E-state index contributed by atoms with van der Waals surface area (Å²) in [5.41, 5.74) is 2.05. The molecule has 0 bridgehead atoms. The van der Waals surface area contributed by atoms with Crippen LogP contribution in [0.2, 0.25) is 0 Å². The smallest absolute Gasteiger partial charge is 0.328 e. The summed E-state index contributed by atoms with van der Waals surface area (Å²) in [6.07, 6.45) is 7.69. The van der Waals surface area contributed by atoms with Crippen LogP contribution in [0.25, 0.3) is 10.8 Å². The molecule has 1 N–H and O–H groups in total. The average molecular weight is 592 g/mol. The summed E-state index contributed by atoms with van der Waals surface area (Å²) in [5, 5.41) is 5.17. The molecule has 0 aliphatic carbocycles. The van der Waals surface area contributed by atoms with Gasteiger partial charge in [-0.15, -0.1) is 0 Å². The molecule has 1 aliphatic heterocycles. The van der Waals surface area contributed by atoms with Crippen molar-refractivity contribution >= 4 is 46.0 Å². The number of thioether (sulfide) groups is 1. The van der Waals surface area contributed by atoms with Crippen molar-refractivity contribution < 1.29 is 19.1 Å². The lowest BCUT2D eigenvalue weighted by atomic mass is 10.0. The van der Waals surface area contributed by atoms with E-state index in [2.05, 4.69) is 39.5 Å². The number of methoxy groups -OCH3 is 1. The van der Waals surface area contributed by atoms with E-state index in [9.17, 15) is 14.4 Å². The maximum atomic E-state index is 13.4. The molecule has 224 valence electrons. The van der Waals surface area contributed by atoms with E-state index in [-0.39, 0.29) is 30.9 Å². The Morgan fingerprint density at radius 3 is 2.62 bits per heavy atom. The van der Waals surface area contributed by atoms with E-state index in [1.54, 1.807) is 24.2 Å². The highest BCUT2D eigenvalue weighted by Gasteiger charge is 2.32. The second kappa shape index (κ2) is 15.6. The van der Waals surface area contributed by atoms with Crippen molar-refractivity contribution in [3.8, 4) is 0 Å². The van der Waals surface area contributed by atoms with Gasteiger partial charge < -0.3 is 19.9 Å². The summed E-state index contributed by atoms with van der Waals surface area (Å²) in [4.78, 5) is 49.2. The zero-order chi connectivity index (χ0) is 29.9. The van der Waals surface area contributed by atoms with E-state index >= 15 is 0 Å². The Morgan fingerprint density at radius 2 is 1.86 bits per heavy atom. The van der Waals surface area contributed by atoms with Crippen molar-refractivity contribution in [3.05, 3.63) is 72.6 Å². The molecule has 9 nitrogen and oxygen atoms in total. The molecule has 2 heterocycles. The van der Waals surface area contributed by atoms with Gasteiger partial charge >= 0.3 is 5.97 Å². The van der Waals surface area contributed by atoms with Crippen LogP contribution < -0.4 is 10.2 Å². The predicted octanol–water partition coefficient (Wildman–Crippen LogP) is 3.58. The van der Waals surface area contributed by atoms with E-state index < -0.39 is 12.0 Å². The van der Waals surface area contributed by atoms with Gasteiger partial charge in [0.05, 0.1) is 20.2 Å². The van der Waals surface area contributed by atoms with Crippen molar-refractivity contribution in [2.75, 3.05) is 57.2 Å². The van der Waals surface area contributed by atoms with Gasteiger partial charge in [-0.2, -0.15) is 11.8 Å². The van der Waals surface area contributed by atoms with Gasteiger partial charge in [0.15, 0.2) is 0 Å². The van der Waals surface area contributed by atoms with Crippen molar-refractivity contribution in [1.29, 1.82) is 0 Å². The number of amides is 2. The predicted molar refractivity (Wildman–Crippen MR) is 168 cm³/mol. The van der Waals surface area contributed by atoms with Crippen LogP contribution in [0.4, 0.5) is 5.69 Å². The molecular weight excluding hydrogens is 550 g/mol. The molecule has 0 unspecified atom stereocenters. The zero-order valence-electron chi connectivity index (χ0n) is 24.7. The van der Waals surface area contributed by atoms with Gasteiger partial charge in [0.1, 0.15) is 6.04 Å². The SMILES string of the molecule is COC(=O)[C@H](CCSC)NC(=O)CN(Cc1cccc2ccccc12)C[C@@H]1CCCN1C(=O)CN(C)c1ccncc1. The number of nitrogens with zero attached hydrogens (tertiary/aromatic N) is 4. The van der Waals surface area contributed by atoms with Crippen LogP contribution >= 0.6 is 11.8 Å². The Balaban J connectivity index is 1.50. The molecule has 4 rings (SSSR count). The molecule has 1 aliphatic rings. The number of carbonyl (C=O) groups excluding carboxylic acids is 3. The number of esters is 1. The van der Waals surface area contributed by atoms with Crippen molar-refractivity contribution in [3.63, 3.8) is 0 Å². The highest BCUT2D eigenvalue weighted by Crippen LogP contribution is 2.23. The number of nitrogens with one attached hydrogen (secondary N) is 1. The lowest BCUT2D eigenvalue weighted by Crippen LogP contribution is -2.50. The maximum Gasteiger partial charge on any atom is 0.328 e. The van der Waals surface area contributed by atoms with Crippen molar-refractivity contribution in [1.82, 2.24) is 20.1 Å². The molecule has 1 saturated heterocycles. The standard InChI is InChI=1S/C32H41N5O4S/c1-35(26-13-16-33-17-14-26)23-31(39)37-18-7-11-27(37)21-36(20-25-10-6-9-24-8-4-5-12-28(24)25)22-30(38)34-29(15-19-42-3)32(40)41-2/h4-6,8-10,12-14,16-17,27,29H,7,11,15,18-23H2,1-3H3,(H,34,38)/t27-,29-/m0/s1. The van der Waals surface area contributed by atoms with Crippen LogP contribution in [-0.4, -0.2) is 97.0 Å². The molecule has 0 saturated carbocycles.